The number of fused-ring (bicyclic) bond motifs is 3. The van der Waals surface area contributed by atoms with E-state index in [2.05, 4.69) is 168 Å². The van der Waals surface area contributed by atoms with Crippen LogP contribution in [0.1, 0.15) is 0 Å². The zero-order valence-electron chi connectivity index (χ0n) is 33.3. The summed E-state index contributed by atoms with van der Waals surface area (Å²) < 4.78 is 17.6. The largest absolute Gasteiger partial charge is 0.309 e. The lowest BCUT2D eigenvalue weighted by molar-refractivity contribution is 0.592. The van der Waals surface area contributed by atoms with Crippen molar-refractivity contribution >= 4 is 55.6 Å². The van der Waals surface area contributed by atoms with Crippen LogP contribution in [0.5, 0.6) is 0 Å². The van der Waals surface area contributed by atoms with Gasteiger partial charge in [0.1, 0.15) is 5.82 Å². The van der Waals surface area contributed by atoms with Gasteiger partial charge in [-0.1, -0.05) is 206 Å². The summed E-state index contributed by atoms with van der Waals surface area (Å²) in [7, 11) is -3.14. The molecule has 61 heavy (non-hydrogen) atoms. The van der Waals surface area contributed by atoms with Gasteiger partial charge in [0.2, 0.25) is 0 Å². The number of imidazole rings is 1. The van der Waals surface area contributed by atoms with Crippen molar-refractivity contribution in [2.24, 2.45) is 0 Å². The molecule has 0 saturated carbocycles. The van der Waals surface area contributed by atoms with E-state index in [9.17, 15) is 0 Å². The summed E-state index contributed by atoms with van der Waals surface area (Å²) in [6.45, 7) is 0. The topological polar surface area (TPSA) is 34.9 Å². The Hall–Kier alpha value is -7.58. The first-order valence-corrected chi connectivity index (χ1v) is 22.4. The van der Waals surface area contributed by atoms with E-state index in [-0.39, 0.29) is 0 Å². The van der Waals surface area contributed by atoms with E-state index in [0.717, 1.165) is 71.7 Å². The molecule has 11 rings (SSSR count). The molecule has 0 aliphatic carbocycles. The molecule has 0 bridgehead atoms. The van der Waals surface area contributed by atoms with Gasteiger partial charge in [-0.2, -0.15) is 0 Å². The highest BCUT2D eigenvalue weighted by Gasteiger charge is 2.30. The monoisotopic (exact) mass is 798 g/mol. The number of para-hydroxylation sites is 3. The molecule has 0 amide bonds. The van der Waals surface area contributed by atoms with Crippen LogP contribution in [0.4, 0.5) is 0 Å². The molecule has 1 aromatic heterocycles. The minimum absolute atomic E-state index is 0.810. The van der Waals surface area contributed by atoms with Gasteiger partial charge >= 0.3 is 0 Å². The first-order valence-electron chi connectivity index (χ1n) is 20.6. The molecule has 288 valence electrons. The van der Waals surface area contributed by atoms with Gasteiger partial charge in [-0.3, -0.25) is 4.57 Å². The number of rotatable bonds is 8. The number of aromatic nitrogens is 2. The molecule has 0 saturated heterocycles. The predicted molar refractivity (Wildman–Crippen MR) is 257 cm³/mol. The molecule has 4 heteroatoms. The van der Waals surface area contributed by atoms with Crippen molar-refractivity contribution in [3.8, 4) is 50.5 Å². The number of hydrogen-bond donors (Lipinski definition) is 0. The Morgan fingerprint density at radius 3 is 1.43 bits per heavy atom. The third kappa shape index (κ3) is 6.30. The molecule has 0 radical (unpaired) electrons. The molecule has 3 nitrogen and oxygen atoms in total. The molecule has 0 unspecified atom stereocenters. The van der Waals surface area contributed by atoms with Gasteiger partial charge in [0.25, 0.3) is 0 Å². The molecular weight excluding hydrogens is 760 g/mol. The van der Waals surface area contributed by atoms with E-state index < -0.39 is 7.14 Å². The first kappa shape index (κ1) is 36.5. The van der Waals surface area contributed by atoms with Gasteiger partial charge in [-0.15, -0.1) is 0 Å². The van der Waals surface area contributed by atoms with Crippen molar-refractivity contribution in [1.82, 2.24) is 9.55 Å². The summed E-state index contributed by atoms with van der Waals surface area (Å²) in [5, 5.41) is 7.16. The fourth-order valence-corrected chi connectivity index (χ4v) is 11.7. The standard InChI is InChI=1S/C57H39N2OP/c60-61(46-21-9-3-10-22-46,47-23-11-4-12-24-47)48-36-33-42(34-37-48)56-50-26-14-13-25-49(50)55(41-17-5-1-6-18-41)51-38-35-44(39-52(51)56)40-29-31-43(32-30-40)57-58-53-27-15-16-28-54(53)59(57)45-19-7-2-8-20-45/h1-39H. The van der Waals surface area contributed by atoms with Crippen molar-refractivity contribution in [2.45, 2.75) is 0 Å². The number of benzene rings is 10. The van der Waals surface area contributed by atoms with E-state index in [4.69, 9.17) is 4.98 Å². The predicted octanol–water partition coefficient (Wildman–Crippen LogP) is 13.6. The Morgan fingerprint density at radius 1 is 0.344 bits per heavy atom. The average molecular weight is 799 g/mol. The minimum atomic E-state index is -3.14. The lowest BCUT2D eigenvalue weighted by Gasteiger charge is -2.21. The van der Waals surface area contributed by atoms with Gasteiger partial charge in [0.15, 0.2) is 7.14 Å². The molecule has 0 N–H and O–H groups in total. The molecule has 11 aromatic rings. The molecule has 1 heterocycles. The molecule has 10 aromatic carbocycles. The molecule has 0 atom stereocenters. The van der Waals surface area contributed by atoms with Gasteiger partial charge in [-0.05, 0) is 85.3 Å². The fraction of sp³-hybridized carbons (Fsp3) is 0. The molecule has 0 aliphatic heterocycles. The summed E-state index contributed by atoms with van der Waals surface area (Å²) in [6.07, 6.45) is 0. The van der Waals surface area contributed by atoms with Crippen molar-refractivity contribution in [2.75, 3.05) is 0 Å². The zero-order valence-corrected chi connectivity index (χ0v) is 34.2. The van der Waals surface area contributed by atoms with Crippen molar-refractivity contribution in [3.63, 3.8) is 0 Å². The lowest BCUT2D eigenvalue weighted by atomic mass is 9.85. The van der Waals surface area contributed by atoms with Crippen LogP contribution in [-0.2, 0) is 4.57 Å². The van der Waals surface area contributed by atoms with Crippen LogP contribution in [0.25, 0.3) is 83.0 Å². The van der Waals surface area contributed by atoms with Gasteiger partial charge in [-0.25, -0.2) is 4.98 Å². The summed E-state index contributed by atoms with van der Waals surface area (Å²) in [6, 6.07) is 82.2. The van der Waals surface area contributed by atoms with Crippen LogP contribution >= 0.6 is 7.14 Å². The molecule has 0 aliphatic rings. The van der Waals surface area contributed by atoms with Crippen LogP contribution in [0.2, 0.25) is 0 Å². The Morgan fingerprint density at radius 2 is 0.787 bits per heavy atom. The maximum Gasteiger partial charge on any atom is 0.171 e. The zero-order chi connectivity index (χ0) is 40.8. The summed E-state index contributed by atoms with van der Waals surface area (Å²) in [4.78, 5) is 5.12. The highest BCUT2D eigenvalue weighted by atomic mass is 31.2. The Balaban J connectivity index is 1.08. The minimum Gasteiger partial charge on any atom is -0.309 e. The van der Waals surface area contributed by atoms with Crippen LogP contribution < -0.4 is 15.9 Å². The van der Waals surface area contributed by atoms with E-state index in [1.54, 1.807) is 0 Å². The maximum absolute atomic E-state index is 15.3. The Labute approximate surface area is 355 Å². The molecule has 0 fully saturated rings. The van der Waals surface area contributed by atoms with Crippen molar-refractivity contribution in [1.29, 1.82) is 0 Å². The van der Waals surface area contributed by atoms with E-state index in [1.807, 2.05) is 72.8 Å². The fourth-order valence-electron chi connectivity index (χ4n) is 9.02. The van der Waals surface area contributed by atoms with Crippen molar-refractivity contribution < 1.29 is 4.57 Å². The second kappa shape index (κ2) is 15.2. The summed E-state index contributed by atoms with van der Waals surface area (Å²) in [5.41, 5.74) is 11.0. The summed E-state index contributed by atoms with van der Waals surface area (Å²) >= 11 is 0. The van der Waals surface area contributed by atoms with Crippen molar-refractivity contribution in [3.05, 3.63) is 237 Å². The highest BCUT2D eigenvalue weighted by Crippen LogP contribution is 2.47. The first-order chi connectivity index (χ1) is 30.1. The molecular formula is C57H39N2OP. The summed E-state index contributed by atoms with van der Waals surface area (Å²) in [5.74, 6) is 0.909. The quantitative estimate of drug-likeness (QED) is 0.113. The number of hydrogen-bond acceptors (Lipinski definition) is 2. The Bertz CT molecular complexity index is 3360. The van der Waals surface area contributed by atoms with Gasteiger partial charge in [0.05, 0.1) is 11.0 Å². The normalized spacial score (nSPS) is 11.7. The number of nitrogens with zero attached hydrogens (tertiary/aromatic N) is 2. The SMILES string of the molecule is O=P(c1ccccc1)(c1ccccc1)c1ccc(-c2c3ccccc3c(-c3ccccc3)c3ccc(-c4ccc(-c5nc6ccccc6n5-c5ccccc5)cc4)cc23)cc1. The second-order valence-corrected chi connectivity index (χ2v) is 18.2. The van der Waals surface area contributed by atoms with Crippen LogP contribution in [0.15, 0.2) is 237 Å². The van der Waals surface area contributed by atoms with Crippen LogP contribution in [0, 0.1) is 0 Å². The van der Waals surface area contributed by atoms with E-state index in [1.165, 1.54) is 27.3 Å². The van der Waals surface area contributed by atoms with Gasteiger partial charge < -0.3 is 4.57 Å². The van der Waals surface area contributed by atoms with Gasteiger partial charge in [0, 0.05) is 27.2 Å². The maximum atomic E-state index is 15.3. The molecule has 0 spiro atoms. The lowest BCUT2D eigenvalue weighted by Crippen LogP contribution is -2.24. The second-order valence-electron chi connectivity index (χ2n) is 15.4. The van der Waals surface area contributed by atoms with E-state index in [0.29, 0.717) is 0 Å². The third-order valence-electron chi connectivity index (χ3n) is 11.9. The van der Waals surface area contributed by atoms with Crippen LogP contribution in [-0.4, -0.2) is 9.55 Å². The Kier molecular flexibility index (Phi) is 9.11. The van der Waals surface area contributed by atoms with Crippen LogP contribution in [0.3, 0.4) is 0 Å². The smallest absolute Gasteiger partial charge is 0.171 e. The average Bonchev–Trinajstić information content (AvgIpc) is 3.74. The van der Waals surface area contributed by atoms with E-state index >= 15 is 4.57 Å². The third-order valence-corrected chi connectivity index (χ3v) is 15.0. The highest BCUT2D eigenvalue weighted by molar-refractivity contribution is 7.85.